The molecule has 2 aromatic rings. The lowest BCUT2D eigenvalue weighted by atomic mass is 9.90. The van der Waals surface area contributed by atoms with Gasteiger partial charge < -0.3 is 10.2 Å². The molecule has 1 saturated carbocycles. The third kappa shape index (κ3) is 4.21. The quantitative estimate of drug-likeness (QED) is 0.897. The van der Waals surface area contributed by atoms with Gasteiger partial charge in [0.2, 0.25) is 0 Å². The number of nitrogens with one attached hydrogen (secondary N) is 1. The molecule has 0 atom stereocenters. The Morgan fingerprint density at radius 2 is 1.85 bits per heavy atom. The molecule has 1 amide bonds. The predicted molar refractivity (Wildman–Crippen MR) is 102 cm³/mol. The Hall–Kier alpha value is -2.43. The first-order valence-electron chi connectivity index (χ1n) is 9.63. The van der Waals surface area contributed by atoms with E-state index in [2.05, 4.69) is 45.6 Å². The number of carbonyl (C=O) groups is 1. The van der Waals surface area contributed by atoms with Gasteiger partial charge in [-0.25, -0.2) is 9.97 Å². The fraction of sp³-hybridized carbons (Fsp3) is 0.476. The number of likely N-dealkylation sites (tertiary alicyclic amines) is 1. The van der Waals surface area contributed by atoms with E-state index in [-0.39, 0.29) is 5.91 Å². The highest BCUT2D eigenvalue weighted by molar-refractivity contribution is 5.93. The van der Waals surface area contributed by atoms with Crippen molar-refractivity contribution in [3.8, 4) is 0 Å². The molecule has 1 aromatic heterocycles. The lowest BCUT2D eigenvalue weighted by molar-refractivity contribution is 0.0684. The highest BCUT2D eigenvalue weighted by atomic mass is 16.2. The molecule has 2 heterocycles. The second-order valence-corrected chi connectivity index (χ2v) is 7.53. The monoisotopic (exact) mass is 350 g/mol. The van der Waals surface area contributed by atoms with Crippen molar-refractivity contribution in [2.75, 3.05) is 18.4 Å². The number of benzene rings is 1. The molecule has 1 aliphatic carbocycles. The minimum Gasteiger partial charge on any atom is -0.367 e. The Kier molecular flexibility index (Phi) is 4.87. The zero-order chi connectivity index (χ0) is 17.9. The molecular weight excluding hydrogens is 324 g/mol. The molecule has 0 bridgehead atoms. The van der Waals surface area contributed by atoms with Crippen LogP contribution < -0.4 is 5.32 Å². The number of rotatable bonds is 5. The molecule has 1 aliphatic heterocycles. The van der Waals surface area contributed by atoms with Crippen molar-refractivity contribution < 1.29 is 4.79 Å². The minimum atomic E-state index is 0.0347. The molecule has 4 rings (SSSR count). The maximum atomic E-state index is 12.9. The van der Waals surface area contributed by atoms with Crippen LogP contribution in [0.2, 0.25) is 0 Å². The highest BCUT2D eigenvalue weighted by Gasteiger charge is 2.26. The van der Waals surface area contributed by atoms with Gasteiger partial charge in [0.25, 0.3) is 5.91 Å². The van der Waals surface area contributed by atoms with Crippen LogP contribution in [0.25, 0.3) is 0 Å². The predicted octanol–water partition coefficient (Wildman–Crippen LogP) is 3.45. The first kappa shape index (κ1) is 17.0. The SMILES string of the molecule is Cc1nc(NC2CC2)cc(C(=O)N2CCC(Cc3ccccc3)CC2)n1. The van der Waals surface area contributed by atoms with E-state index in [0.717, 1.165) is 38.2 Å². The van der Waals surface area contributed by atoms with Gasteiger partial charge in [0.15, 0.2) is 0 Å². The van der Waals surface area contributed by atoms with Crippen molar-refractivity contribution >= 4 is 11.7 Å². The van der Waals surface area contributed by atoms with Crippen LogP contribution in [0.4, 0.5) is 5.82 Å². The lowest BCUT2D eigenvalue weighted by Gasteiger charge is -2.32. The fourth-order valence-corrected chi connectivity index (χ4v) is 3.64. The molecule has 2 aliphatic rings. The topological polar surface area (TPSA) is 58.1 Å². The molecule has 26 heavy (non-hydrogen) atoms. The van der Waals surface area contributed by atoms with Crippen LogP contribution in [0.3, 0.4) is 0 Å². The van der Waals surface area contributed by atoms with Gasteiger partial charge in [-0.3, -0.25) is 4.79 Å². The molecule has 1 N–H and O–H groups in total. The third-order valence-electron chi connectivity index (χ3n) is 5.26. The number of hydrogen-bond donors (Lipinski definition) is 1. The van der Waals surface area contributed by atoms with E-state index in [0.29, 0.717) is 23.5 Å². The molecule has 5 nitrogen and oxygen atoms in total. The van der Waals surface area contributed by atoms with Crippen LogP contribution in [-0.4, -0.2) is 39.9 Å². The van der Waals surface area contributed by atoms with Crippen LogP contribution in [0.5, 0.6) is 0 Å². The van der Waals surface area contributed by atoms with Crippen LogP contribution in [0.1, 0.15) is 47.6 Å². The second-order valence-electron chi connectivity index (χ2n) is 7.53. The number of amides is 1. The van der Waals surface area contributed by atoms with Gasteiger partial charge in [0.05, 0.1) is 0 Å². The summed E-state index contributed by atoms with van der Waals surface area (Å²) in [6, 6.07) is 13.0. The van der Waals surface area contributed by atoms with E-state index >= 15 is 0 Å². The summed E-state index contributed by atoms with van der Waals surface area (Å²) >= 11 is 0. The summed E-state index contributed by atoms with van der Waals surface area (Å²) in [5, 5.41) is 3.37. The Balaban J connectivity index is 1.36. The van der Waals surface area contributed by atoms with E-state index in [1.807, 2.05) is 17.9 Å². The van der Waals surface area contributed by atoms with Gasteiger partial charge >= 0.3 is 0 Å². The van der Waals surface area contributed by atoms with Gasteiger partial charge in [-0.1, -0.05) is 30.3 Å². The van der Waals surface area contributed by atoms with Crippen molar-refractivity contribution in [2.45, 2.75) is 45.1 Å². The Labute approximate surface area is 154 Å². The van der Waals surface area contributed by atoms with Crippen molar-refractivity contribution in [2.24, 2.45) is 5.92 Å². The molecule has 136 valence electrons. The summed E-state index contributed by atoms with van der Waals surface area (Å²) in [5.74, 6) is 2.12. The number of hydrogen-bond acceptors (Lipinski definition) is 4. The van der Waals surface area contributed by atoms with Crippen LogP contribution in [-0.2, 0) is 6.42 Å². The van der Waals surface area contributed by atoms with Crippen molar-refractivity contribution in [1.82, 2.24) is 14.9 Å². The van der Waals surface area contributed by atoms with E-state index in [1.54, 1.807) is 0 Å². The van der Waals surface area contributed by atoms with Crippen LogP contribution in [0, 0.1) is 12.8 Å². The number of piperidine rings is 1. The van der Waals surface area contributed by atoms with Gasteiger partial charge in [-0.2, -0.15) is 0 Å². The number of anilines is 1. The maximum absolute atomic E-state index is 12.9. The van der Waals surface area contributed by atoms with E-state index in [4.69, 9.17) is 0 Å². The molecule has 0 spiro atoms. The van der Waals surface area contributed by atoms with Crippen molar-refractivity contribution in [3.63, 3.8) is 0 Å². The van der Waals surface area contributed by atoms with Crippen molar-refractivity contribution in [3.05, 3.63) is 53.5 Å². The number of aryl methyl sites for hydroxylation is 1. The fourth-order valence-electron chi connectivity index (χ4n) is 3.64. The molecule has 2 fully saturated rings. The van der Waals surface area contributed by atoms with Crippen molar-refractivity contribution in [1.29, 1.82) is 0 Å². The average Bonchev–Trinajstić information content (AvgIpc) is 3.46. The maximum Gasteiger partial charge on any atom is 0.272 e. The smallest absolute Gasteiger partial charge is 0.272 e. The highest BCUT2D eigenvalue weighted by Crippen LogP contribution is 2.25. The molecule has 1 saturated heterocycles. The Morgan fingerprint density at radius 1 is 1.12 bits per heavy atom. The number of carbonyl (C=O) groups excluding carboxylic acids is 1. The van der Waals surface area contributed by atoms with Gasteiger partial charge in [-0.15, -0.1) is 0 Å². The largest absolute Gasteiger partial charge is 0.367 e. The number of aromatic nitrogens is 2. The molecular formula is C21H26N4O. The second kappa shape index (κ2) is 7.44. The van der Waals surface area contributed by atoms with Gasteiger partial charge in [0.1, 0.15) is 17.3 Å². The lowest BCUT2D eigenvalue weighted by Crippen LogP contribution is -2.39. The summed E-state index contributed by atoms with van der Waals surface area (Å²) < 4.78 is 0. The zero-order valence-corrected chi connectivity index (χ0v) is 15.3. The normalized spacial score (nSPS) is 18.0. The van der Waals surface area contributed by atoms with E-state index in [1.165, 1.54) is 18.4 Å². The average molecular weight is 350 g/mol. The first-order chi connectivity index (χ1) is 12.7. The van der Waals surface area contributed by atoms with Gasteiger partial charge in [0, 0.05) is 25.2 Å². The summed E-state index contributed by atoms with van der Waals surface area (Å²) in [6.45, 7) is 3.47. The summed E-state index contributed by atoms with van der Waals surface area (Å²) in [4.78, 5) is 23.6. The standard InChI is InChI=1S/C21H26N4O/c1-15-22-19(14-20(23-15)24-18-7-8-18)21(26)25-11-9-17(10-12-25)13-16-5-3-2-4-6-16/h2-6,14,17-18H,7-13H2,1H3,(H,22,23,24). The minimum absolute atomic E-state index is 0.0347. The van der Waals surface area contributed by atoms with E-state index < -0.39 is 0 Å². The summed E-state index contributed by atoms with van der Waals surface area (Å²) in [5.41, 5.74) is 1.90. The molecule has 5 heteroatoms. The molecule has 0 radical (unpaired) electrons. The number of nitrogens with zero attached hydrogens (tertiary/aromatic N) is 3. The van der Waals surface area contributed by atoms with E-state index in [9.17, 15) is 4.79 Å². The van der Waals surface area contributed by atoms with Gasteiger partial charge in [-0.05, 0) is 50.5 Å². The molecule has 0 unspecified atom stereocenters. The molecule has 1 aromatic carbocycles. The Bertz CT molecular complexity index is 765. The van der Waals surface area contributed by atoms with Crippen LogP contribution in [0.15, 0.2) is 36.4 Å². The first-order valence-corrected chi connectivity index (χ1v) is 9.63. The summed E-state index contributed by atoms with van der Waals surface area (Å²) in [6.07, 6.45) is 5.57. The Morgan fingerprint density at radius 3 is 2.54 bits per heavy atom. The summed E-state index contributed by atoms with van der Waals surface area (Å²) in [7, 11) is 0. The van der Waals surface area contributed by atoms with Crippen LogP contribution >= 0.6 is 0 Å². The third-order valence-corrected chi connectivity index (χ3v) is 5.26. The zero-order valence-electron chi connectivity index (χ0n) is 15.3.